The van der Waals surface area contributed by atoms with E-state index in [2.05, 4.69) is 25.0 Å². The van der Waals surface area contributed by atoms with Crippen molar-refractivity contribution in [3.63, 3.8) is 0 Å². The normalized spacial score (nSPS) is 13.1. The Balaban J connectivity index is 1.77. The van der Waals surface area contributed by atoms with Gasteiger partial charge in [-0.3, -0.25) is 14.3 Å². The van der Waals surface area contributed by atoms with Gasteiger partial charge >= 0.3 is 0 Å². The lowest BCUT2D eigenvalue weighted by atomic mass is 10.0. The van der Waals surface area contributed by atoms with Gasteiger partial charge < -0.3 is 5.32 Å². The molecular formula is C17H15Cl2N5O3S2. The van der Waals surface area contributed by atoms with Gasteiger partial charge in [0.25, 0.3) is 5.91 Å². The molecule has 0 bridgehead atoms. The maximum atomic E-state index is 12.3. The van der Waals surface area contributed by atoms with Crippen LogP contribution in [0, 0.1) is 6.92 Å². The summed E-state index contributed by atoms with van der Waals surface area (Å²) in [7, 11) is 0. The van der Waals surface area contributed by atoms with E-state index in [4.69, 9.17) is 23.2 Å². The van der Waals surface area contributed by atoms with Gasteiger partial charge in [0.1, 0.15) is 16.0 Å². The van der Waals surface area contributed by atoms with Gasteiger partial charge in [-0.05, 0) is 24.6 Å². The third kappa shape index (κ3) is 5.78. The fourth-order valence-electron chi connectivity index (χ4n) is 2.51. The van der Waals surface area contributed by atoms with Crippen molar-refractivity contribution in [2.45, 2.75) is 19.5 Å². The van der Waals surface area contributed by atoms with Crippen molar-refractivity contribution in [3.8, 4) is 0 Å². The summed E-state index contributed by atoms with van der Waals surface area (Å²) in [4.78, 5) is 25.5. The number of nitrogens with one attached hydrogen (secondary N) is 2. The van der Waals surface area contributed by atoms with Crippen LogP contribution in [0.4, 0.5) is 0 Å². The first-order valence-electron chi connectivity index (χ1n) is 8.18. The summed E-state index contributed by atoms with van der Waals surface area (Å²) in [5, 5.41) is 3.98. The molecule has 3 aromatic heterocycles. The van der Waals surface area contributed by atoms with Gasteiger partial charge in [0.15, 0.2) is 0 Å². The van der Waals surface area contributed by atoms with Gasteiger partial charge in [-0.1, -0.05) is 35.3 Å². The first-order chi connectivity index (χ1) is 13.8. The molecule has 2 atom stereocenters. The van der Waals surface area contributed by atoms with Crippen LogP contribution >= 0.6 is 34.5 Å². The molecule has 8 nitrogen and oxygen atoms in total. The third-order valence-corrected chi connectivity index (χ3v) is 5.68. The van der Waals surface area contributed by atoms with Crippen LogP contribution in [0.25, 0.3) is 0 Å². The Labute approximate surface area is 183 Å². The fourth-order valence-corrected chi connectivity index (χ4v) is 4.16. The number of amides is 1. The van der Waals surface area contributed by atoms with Crippen molar-refractivity contribution < 1.29 is 13.6 Å². The average Bonchev–Trinajstić information content (AvgIpc) is 3.10. The van der Waals surface area contributed by atoms with Crippen LogP contribution in [-0.2, 0) is 17.8 Å². The molecule has 29 heavy (non-hydrogen) atoms. The van der Waals surface area contributed by atoms with E-state index in [0.29, 0.717) is 17.7 Å². The van der Waals surface area contributed by atoms with Crippen LogP contribution in [-0.4, -0.2) is 29.6 Å². The second kappa shape index (κ2) is 9.70. The molecule has 0 spiro atoms. The SMILES string of the molecule is Cc1ncc(CNC(=O)c2ccc(C(NS(=O)O)c3ccc(Cl)nc3Cl)cn2)s1. The van der Waals surface area contributed by atoms with Gasteiger partial charge in [0.2, 0.25) is 11.3 Å². The summed E-state index contributed by atoms with van der Waals surface area (Å²) in [5.41, 5.74) is 1.17. The maximum Gasteiger partial charge on any atom is 0.270 e. The van der Waals surface area contributed by atoms with E-state index in [1.165, 1.54) is 29.7 Å². The Morgan fingerprint density at radius 3 is 2.62 bits per heavy atom. The Kier molecular flexibility index (Phi) is 7.28. The van der Waals surface area contributed by atoms with Gasteiger partial charge in [-0.15, -0.1) is 11.3 Å². The number of thiazole rings is 1. The number of pyridine rings is 2. The summed E-state index contributed by atoms with van der Waals surface area (Å²) >= 11 is 11.1. The zero-order chi connectivity index (χ0) is 21.0. The van der Waals surface area contributed by atoms with Crippen molar-refractivity contribution in [1.82, 2.24) is 25.0 Å². The first kappa shape index (κ1) is 21.8. The number of carbonyl (C=O) groups excluding carboxylic acids is 1. The van der Waals surface area contributed by atoms with E-state index in [-0.39, 0.29) is 21.9 Å². The molecule has 2 unspecified atom stereocenters. The summed E-state index contributed by atoms with van der Waals surface area (Å²) in [6.45, 7) is 2.25. The topological polar surface area (TPSA) is 117 Å². The molecule has 3 aromatic rings. The summed E-state index contributed by atoms with van der Waals surface area (Å²) in [5.74, 6) is -0.343. The van der Waals surface area contributed by atoms with Crippen molar-refractivity contribution >= 4 is 51.7 Å². The molecule has 0 aliphatic carbocycles. The monoisotopic (exact) mass is 471 g/mol. The van der Waals surface area contributed by atoms with E-state index < -0.39 is 17.3 Å². The highest BCUT2D eigenvalue weighted by molar-refractivity contribution is 7.77. The van der Waals surface area contributed by atoms with Crippen LogP contribution in [0.2, 0.25) is 10.3 Å². The Hall–Kier alpha value is -1.95. The minimum absolute atomic E-state index is 0.0853. The molecule has 0 radical (unpaired) electrons. The van der Waals surface area contributed by atoms with Crippen molar-refractivity contribution in [3.05, 3.63) is 73.7 Å². The highest BCUT2D eigenvalue weighted by atomic mass is 35.5. The Bertz CT molecular complexity index is 1050. The number of halogens is 2. The molecule has 3 rings (SSSR count). The second-order valence-corrected chi connectivity index (χ2v) is 8.62. The minimum atomic E-state index is -2.33. The molecule has 12 heteroatoms. The standard InChI is InChI=1S/C17H15Cl2N5O3S2/c1-9-20-7-11(28-9)8-22-17(25)13-4-2-10(6-21-13)15(24-29(26)27)12-3-5-14(18)23-16(12)19/h2-7,15,24H,8H2,1H3,(H,22,25)(H,26,27). The summed E-state index contributed by atoms with van der Waals surface area (Å²) < 4.78 is 23.1. The lowest BCUT2D eigenvalue weighted by Crippen LogP contribution is -2.26. The van der Waals surface area contributed by atoms with Crippen molar-refractivity contribution in [1.29, 1.82) is 0 Å². The summed E-state index contributed by atoms with van der Waals surface area (Å²) in [6.07, 6.45) is 3.15. The molecule has 0 saturated carbocycles. The van der Waals surface area contributed by atoms with Gasteiger partial charge in [0, 0.05) is 22.8 Å². The number of aryl methyl sites for hydroxylation is 1. The van der Waals surface area contributed by atoms with Gasteiger partial charge in [-0.2, -0.15) is 0 Å². The highest BCUT2D eigenvalue weighted by Crippen LogP contribution is 2.28. The zero-order valence-electron chi connectivity index (χ0n) is 14.9. The lowest BCUT2D eigenvalue weighted by Gasteiger charge is -2.18. The molecule has 3 heterocycles. The smallest absolute Gasteiger partial charge is 0.270 e. The van der Waals surface area contributed by atoms with E-state index in [1.54, 1.807) is 18.3 Å². The highest BCUT2D eigenvalue weighted by Gasteiger charge is 2.21. The van der Waals surface area contributed by atoms with Crippen LogP contribution in [0.5, 0.6) is 0 Å². The first-order valence-corrected chi connectivity index (χ1v) is 10.9. The number of nitrogens with zero attached hydrogens (tertiary/aromatic N) is 3. The molecule has 1 amide bonds. The van der Waals surface area contributed by atoms with E-state index in [0.717, 1.165) is 9.88 Å². The van der Waals surface area contributed by atoms with Crippen LogP contribution in [0.15, 0.2) is 36.7 Å². The predicted molar refractivity (Wildman–Crippen MR) is 112 cm³/mol. The molecule has 0 aromatic carbocycles. The largest absolute Gasteiger partial charge is 0.346 e. The molecule has 0 fully saturated rings. The van der Waals surface area contributed by atoms with Crippen LogP contribution < -0.4 is 10.0 Å². The average molecular weight is 472 g/mol. The van der Waals surface area contributed by atoms with E-state index >= 15 is 0 Å². The Morgan fingerprint density at radius 1 is 1.24 bits per heavy atom. The van der Waals surface area contributed by atoms with E-state index in [9.17, 15) is 13.6 Å². The van der Waals surface area contributed by atoms with Crippen LogP contribution in [0.3, 0.4) is 0 Å². The number of hydrogen-bond donors (Lipinski definition) is 3. The van der Waals surface area contributed by atoms with Crippen molar-refractivity contribution in [2.24, 2.45) is 0 Å². The van der Waals surface area contributed by atoms with Gasteiger partial charge in [0.05, 0.1) is 17.6 Å². The molecule has 0 saturated heterocycles. The predicted octanol–water partition coefficient (Wildman–Crippen LogP) is 3.29. The quantitative estimate of drug-likeness (QED) is 0.359. The summed E-state index contributed by atoms with van der Waals surface area (Å²) in [6, 6.07) is 5.49. The number of rotatable bonds is 7. The third-order valence-electron chi connectivity index (χ3n) is 3.82. The molecule has 152 valence electrons. The minimum Gasteiger partial charge on any atom is -0.346 e. The molecular weight excluding hydrogens is 457 g/mol. The molecule has 0 aliphatic rings. The Morgan fingerprint density at radius 2 is 2.03 bits per heavy atom. The fraction of sp³-hybridized carbons (Fsp3) is 0.176. The van der Waals surface area contributed by atoms with E-state index in [1.807, 2.05) is 6.92 Å². The lowest BCUT2D eigenvalue weighted by molar-refractivity contribution is 0.0946. The maximum absolute atomic E-state index is 12.3. The molecule has 3 N–H and O–H groups in total. The van der Waals surface area contributed by atoms with Gasteiger partial charge in [-0.25, -0.2) is 18.9 Å². The number of carbonyl (C=O) groups is 1. The van der Waals surface area contributed by atoms with Crippen molar-refractivity contribution in [2.75, 3.05) is 0 Å². The number of hydrogen-bond acceptors (Lipinski definition) is 6. The number of aromatic nitrogens is 3. The second-order valence-electron chi connectivity index (χ2n) is 5.82. The zero-order valence-corrected chi connectivity index (χ0v) is 18.1. The molecule has 0 aliphatic heterocycles. The van der Waals surface area contributed by atoms with Crippen LogP contribution in [0.1, 0.15) is 37.5 Å².